The van der Waals surface area contributed by atoms with E-state index < -0.39 is 0 Å². The van der Waals surface area contributed by atoms with Crippen LogP contribution in [0.1, 0.15) is 39.0 Å². The normalized spacial score (nSPS) is 12.5. The van der Waals surface area contributed by atoms with Gasteiger partial charge in [0.25, 0.3) is 0 Å². The molecule has 0 fully saturated rings. The van der Waals surface area contributed by atoms with Crippen LogP contribution < -0.4 is 0 Å². The van der Waals surface area contributed by atoms with Crippen molar-refractivity contribution < 1.29 is 5.11 Å². The minimum Gasteiger partial charge on any atom is -0.393 e. The lowest BCUT2D eigenvalue weighted by atomic mass is 10.1. The summed E-state index contributed by atoms with van der Waals surface area (Å²) in [5.74, 6) is 0. The van der Waals surface area contributed by atoms with E-state index in [2.05, 4.69) is 6.92 Å². The van der Waals surface area contributed by atoms with Gasteiger partial charge in [-0.25, -0.2) is 0 Å². The zero-order valence-electron chi connectivity index (χ0n) is 6.51. The number of aliphatic hydroxyl groups excluding tert-OH is 1. The molecule has 1 atom stereocenters. The molecule has 58 valence electrons. The van der Waals surface area contributed by atoms with E-state index in [4.69, 9.17) is 10.4 Å². The molecule has 10 heavy (non-hydrogen) atoms. The molecule has 2 heteroatoms. The van der Waals surface area contributed by atoms with Gasteiger partial charge in [0.15, 0.2) is 0 Å². The maximum atomic E-state index is 9.16. The Morgan fingerprint density at radius 1 is 1.50 bits per heavy atom. The molecule has 0 heterocycles. The second-order valence-corrected chi connectivity index (χ2v) is 2.49. The van der Waals surface area contributed by atoms with Crippen LogP contribution in [0, 0.1) is 11.3 Å². The smallest absolute Gasteiger partial charge is 0.0622 e. The van der Waals surface area contributed by atoms with Crippen LogP contribution in [-0.4, -0.2) is 11.2 Å². The van der Waals surface area contributed by atoms with E-state index >= 15 is 0 Å². The molecule has 1 N–H and O–H groups in total. The number of unbranched alkanes of at least 4 members (excludes halogenated alkanes) is 1. The molecule has 0 aliphatic heterocycles. The van der Waals surface area contributed by atoms with Gasteiger partial charge in [0.05, 0.1) is 12.2 Å². The molecule has 0 radical (unpaired) electrons. The van der Waals surface area contributed by atoms with Gasteiger partial charge in [0.1, 0.15) is 0 Å². The summed E-state index contributed by atoms with van der Waals surface area (Å²) >= 11 is 0. The maximum Gasteiger partial charge on any atom is 0.0622 e. The first-order valence-corrected chi connectivity index (χ1v) is 3.86. The predicted molar refractivity (Wildman–Crippen MR) is 40.4 cm³/mol. The number of hydrogen-bond donors (Lipinski definition) is 1. The Morgan fingerprint density at radius 3 is 2.70 bits per heavy atom. The third-order valence-electron chi connectivity index (χ3n) is 1.48. The predicted octanol–water partition coefficient (Wildman–Crippen LogP) is 1.84. The van der Waals surface area contributed by atoms with Gasteiger partial charge in [-0.1, -0.05) is 19.8 Å². The van der Waals surface area contributed by atoms with E-state index in [0.717, 1.165) is 19.3 Å². The van der Waals surface area contributed by atoms with E-state index in [1.165, 1.54) is 0 Å². The van der Waals surface area contributed by atoms with Gasteiger partial charge < -0.3 is 5.11 Å². The quantitative estimate of drug-likeness (QED) is 0.635. The summed E-state index contributed by atoms with van der Waals surface area (Å²) in [7, 11) is 0. The highest BCUT2D eigenvalue weighted by Gasteiger charge is 2.00. The third kappa shape index (κ3) is 5.58. The van der Waals surface area contributed by atoms with Gasteiger partial charge >= 0.3 is 0 Å². The van der Waals surface area contributed by atoms with Crippen LogP contribution >= 0.6 is 0 Å². The molecule has 2 nitrogen and oxygen atoms in total. The van der Waals surface area contributed by atoms with E-state index in [0.29, 0.717) is 12.8 Å². The van der Waals surface area contributed by atoms with Crippen molar-refractivity contribution in [1.29, 1.82) is 5.26 Å². The summed E-state index contributed by atoms with van der Waals surface area (Å²) in [5, 5.41) is 17.3. The zero-order valence-corrected chi connectivity index (χ0v) is 6.51. The average molecular weight is 141 g/mol. The molecule has 0 spiro atoms. The fourth-order valence-corrected chi connectivity index (χ4v) is 0.815. The van der Waals surface area contributed by atoms with Gasteiger partial charge in [-0.2, -0.15) is 5.26 Å². The summed E-state index contributed by atoms with van der Waals surface area (Å²) in [6.07, 6.45) is 3.88. The van der Waals surface area contributed by atoms with Crippen molar-refractivity contribution in [2.75, 3.05) is 0 Å². The second-order valence-electron chi connectivity index (χ2n) is 2.49. The van der Waals surface area contributed by atoms with Gasteiger partial charge in [0.2, 0.25) is 0 Å². The third-order valence-corrected chi connectivity index (χ3v) is 1.48. The summed E-state index contributed by atoms with van der Waals surface area (Å²) in [6.45, 7) is 2.09. The molecule has 0 amide bonds. The molecular weight excluding hydrogens is 126 g/mol. The number of nitrogens with zero attached hydrogens (tertiary/aromatic N) is 1. The van der Waals surface area contributed by atoms with Gasteiger partial charge in [-0.3, -0.25) is 0 Å². The van der Waals surface area contributed by atoms with Crippen molar-refractivity contribution in [3.05, 3.63) is 0 Å². The highest BCUT2D eigenvalue weighted by molar-refractivity contribution is 4.71. The van der Waals surface area contributed by atoms with Crippen LogP contribution in [0.15, 0.2) is 0 Å². The Labute approximate surface area is 62.5 Å². The summed E-state index contributed by atoms with van der Waals surface area (Å²) in [5.41, 5.74) is 0. The largest absolute Gasteiger partial charge is 0.393 e. The first-order chi connectivity index (χ1) is 4.81. The molecule has 0 aromatic heterocycles. The second kappa shape index (κ2) is 6.57. The van der Waals surface area contributed by atoms with Crippen LogP contribution in [0.5, 0.6) is 0 Å². The fraction of sp³-hybridized carbons (Fsp3) is 0.875. The van der Waals surface area contributed by atoms with E-state index in [1.54, 1.807) is 0 Å². The van der Waals surface area contributed by atoms with Crippen LogP contribution in [0.3, 0.4) is 0 Å². The van der Waals surface area contributed by atoms with Crippen molar-refractivity contribution in [3.8, 4) is 6.07 Å². The van der Waals surface area contributed by atoms with E-state index in [-0.39, 0.29) is 6.10 Å². The van der Waals surface area contributed by atoms with Crippen molar-refractivity contribution in [2.24, 2.45) is 0 Å². The summed E-state index contributed by atoms with van der Waals surface area (Å²) in [4.78, 5) is 0. The SMILES string of the molecule is CCCC[C@@H](O)CCC#N. The molecule has 0 aromatic carbocycles. The van der Waals surface area contributed by atoms with Gasteiger partial charge in [0, 0.05) is 6.42 Å². The highest BCUT2D eigenvalue weighted by Crippen LogP contribution is 2.05. The molecule has 0 bridgehead atoms. The first kappa shape index (κ1) is 9.45. The molecule has 0 rings (SSSR count). The van der Waals surface area contributed by atoms with Crippen molar-refractivity contribution >= 4 is 0 Å². The van der Waals surface area contributed by atoms with E-state index in [9.17, 15) is 0 Å². The topological polar surface area (TPSA) is 44.0 Å². The lowest BCUT2D eigenvalue weighted by Gasteiger charge is -2.05. The number of aliphatic hydroxyl groups is 1. The lowest BCUT2D eigenvalue weighted by Crippen LogP contribution is -2.04. The van der Waals surface area contributed by atoms with Crippen LogP contribution in [0.2, 0.25) is 0 Å². The summed E-state index contributed by atoms with van der Waals surface area (Å²) in [6, 6.07) is 2.02. The Morgan fingerprint density at radius 2 is 2.20 bits per heavy atom. The maximum absolute atomic E-state index is 9.16. The monoisotopic (exact) mass is 141 g/mol. The minimum absolute atomic E-state index is 0.250. The lowest BCUT2D eigenvalue weighted by molar-refractivity contribution is 0.153. The number of hydrogen-bond acceptors (Lipinski definition) is 2. The standard InChI is InChI=1S/C8H15NO/c1-2-3-5-8(10)6-4-7-9/h8,10H,2-6H2,1H3/t8-/m1/s1. The van der Waals surface area contributed by atoms with Gasteiger partial charge in [-0.05, 0) is 12.8 Å². The zero-order chi connectivity index (χ0) is 7.82. The molecule has 0 aromatic rings. The van der Waals surface area contributed by atoms with Crippen LogP contribution in [-0.2, 0) is 0 Å². The Kier molecular flexibility index (Phi) is 6.21. The van der Waals surface area contributed by atoms with Crippen molar-refractivity contribution in [3.63, 3.8) is 0 Å². The first-order valence-electron chi connectivity index (χ1n) is 3.86. The average Bonchev–Trinajstić information content (AvgIpc) is 1.97. The minimum atomic E-state index is -0.250. The molecule has 0 unspecified atom stereocenters. The molecule has 0 aliphatic carbocycles. The Bertz CT molecular complexity index is 106. The molecule has 0 saturated heterocycles. The number of nitriles is 1. The van der Waals surface area contributed by atoms with E-state index in [1.807, 2.05) is 6.07 Å². The van der Waals surface area contributed by atoms with Crippen molar-refractivity contribution in [1.82, 2.24) is 0 Å². The van der Waals surface area contributed by atoms with Crippen molar-refractivity contribution in [2.45, 2.75) is 45.1 Å². The highest BCUT2D eigenvalue weighted by atomic mass is 16.3. The Hall–Kier alpha value is -0.550. The number of rotatable bonds is 5. The Balaban J connectivity index is 3.10. The van der Waals surface area contributed by atoms with Gasteiger partial charge in [-0.15, -0.1) is 0 Å². The fourth-order valence-electron chi connectivity index (χ4n) is 0.815. The molecule has 0 saturated carbocycles. The summed E-state index contributed by atoms with van der Waals surface area (Å²) < 4.78 is 0. The molecular formula is C8H15NO. The molecule has 0 aliphatic rings. The van der Waals surface area contributed by atoms with Crippen LogP contribution in [0.4, 0.5) is 0 Å². The van der Waals surface area contributed by atoms with Crippen LogP contribution in [0.25, 0.3) is 0 Å².